The highest BCUT2D eigenvalue weighted by Crippen LogP contribution is 2.60. The van der Waals surface area contributed by atoms with Crippen LogP contribution in [0.4, 0.5) is 0 Å². The monoisotopic (exact) mass is 395 g/mol. The topological polar surface area (TPSA) is 30.9 Å². The molecule has 1 fully saturated rings. The summed E-state index contributed by atoms with van der Waals surface area (Å²) in [5, 5.41) is 0. The van der Waals surface area contributed by atoms with Gasteiger partial charge in [0.05, 0.1) is 13.2 Å². The SMILES string of the molecule is c1cc2c3c(c1)OP(N1CCOCC1)Oc1cccc4c1C3(CCC2)CCC4. The van der Waals surface area contributed by atoms with Crippen LogP contribution in [-0.2, 0) is 23.0 Å². The molecule has 0 unspecified atom stereocenters. The molecule has 0 atom stereocenters. The summed E-state index contributed by atoms with van der Waals surface area (Å²) in [7, 11) is -1.18. The normalized spacial score (nSPS) is 23.4. The van der Waals surface area contributed by atoms with Crippen molar-refractivity contribution < 1.29 is 13.8 Å². The van der Waals surface area contributed by atoms with Crippen molar-refractivity contribution in [2.24, 2.45) is 0 Å². The quantitative estimate of drug-likeness (QED) is 0.638. The van der Waals surface area contributed by atoms with Gasteiger partial charge in [0.1, 0.15) is 11.5 Å². The van der Waals surface area contributed by atoms with Crippen LogP contribution in [0.25, 0.3) is 0 Å². The van der Waals surface area contributed by atoms with Crippen molar-refractivity contribution in [3.8, 4) is 11.5 Å². The molecule has 0 saturated carbocycles. The Morgan fingerprint density at radius 3 is 1.93 bits per heavy atom. The molecule has 2 aromatic rings. The van der Waals surface area contributed by atoms with E-state index >= 15 is 0 Å². The van der Waals surface area contributed by atoms with E-state index in [1.54, 1.807) is 0 Å². The first-order valence-electron chi connectivity index (χ1n) is 10.6. The number of benzene rings is 2. The van der Waals surface area contributed by atoms with Crippen LogP contribution in [0.1, 0.15) is 47.9 Å². The first-order chi connectivity index (χ1) is 13.9. The van der Waals surface area contributed by atoms with Crippen molar-refractivity contribution in [3.63, 3.8) is 0 Å². The van der Waals surface area contributed by atoms with Crippen molar-refractivity contribution in [1.29, 1.82) is 0 Å². The molecule has 6 rings (SSSR count). The Hall–Kier alpha value is -1.61. The van der Waals surface area contributed by atoms with E-state index in [9.17, 15) is 0 Å². The third kappa shape index (κ3) is 2.55. The van der Waals surface area contributed by atoms with E-state index in [4.69, 9.17) is 13.8 Å². The van der Waals surface area contributed by atoms with Crippen molar-refractivity contribution in [2.45, 2.75) is 43.9 Å². The molecule has 28 heavy (non-hydrogen) atoms. The van der Waals surface area contributed by atoms with Crippen LogP contribution < -0.4 is 9.05 Å². The highest BCUT2D eigenvalue weighted by atomic mass is 31.2. The minimum absolute atomic E-state index is 0.0563. The van der Waals surface area contributed by atoms with Crippen LogP contribution in [0.2, 0.25) is 0 Å². The van der Waals surface area contributed by atoms with Crippen LogP contribution in [0.5, 0.6) is 11.5 Å². The van der Waals surface area contributed by atoms with Crippen LogP contribution >= 0.6 is 8.53 Å². The van der Waals surface area contributed by atoms with E-state index in [1.165, 1.54) is 47.9 Å². The standard InChI is InChI=1S/C23H26NO3P/c1-5-17-7-3-11-23-12-4-8-18-6-2-10-20(22(18)23)27-28(24-13-15-25-16-14-24)26-19(9-1)21(17)23/h1-2,5-6,9-10H,3-4,7-8,11-16H2. The zero-order chi connectivity index (χ0) is 18.6. The Bertz CT molecular complexity index is 843. The van der Waals surface area contributed by atoms with Crippen LogP contribution in [0, 0.1) is 0 Å². The van der Waals surface area contributed by atoms with Gasteiger partial charge in [-0.05, 0) is 61.8 Å². The summed E-state index contributed by atoms with van der Waals surface area (Å²) in [6.45, 7) is 3.21. The maximum atomic E-state index is 6.68. The van der Waals surface area contributed by atoms with Gasteiger partial charge in [-0.25, -0.2) is 4.67 Å². The fourth-order valence-corrected chi connectivity index (χ4v) is 7.14. The Kier molecular flexibility index (Phi) is 4.15. The highest BCUT2D eigenvalue weighted by Gasteiger charge is 2.47. The number of aryl methyl sites for hydroxylation is 2. The molecule has 2 heterocycles. The highest BCUT2D eigenvalue weighted by molar-refractivity contribution is 7.45. The molecule has 0 bridgehead atoms. The van der Waals surface area contributed by atoms with Gasteiger partial charge in [0.15, 0.2) is 0 Å². The summed E-state index contributed by atoms with van der Waals surface area (Å²) in [4.78, 5) is 0. The molecule has 2 aliphatic heterocycles. The fraction of sp³-hybridized carbons (Fsp3) is 0.478. The van der Waals surface area contributed by atoms with Crippen molar-refractivity contribution in [3.05, 3.63) is 58.7 Å². The number of morpholine rings is 1. The van der Waals surface area contributed by atoms with Gasteiger partial charge in [-0.15, -0.1) is 0 Å². The third-order valence-corrected chi connectivity index (χ3v) is 8.42. The molecule has 4 nitrogen and oxygen atoms in total. The average molecular weight is 395 g/mol. The average Bonchev–Trinajstić information content (AvgIpc) is 2.73. The van der Waals surface area contributed by atoms with E-state index in [2.05, 4.69) is 41.1 Å². The molecule has 0 aromatic heterocycles. The van der Waals surface area contributed by atoms with E-state index < -0.39 is 8.53 Å². The molecule has 5 heteroatoms. The fourth-order valence-electron chi connectivity index (χ4n) is 5.74. The van der Waals surface area contributed by atoms with Crippen molar-refractivity contribution in [1.82, 2.24) is 4.67 Å². The lowest BCUT2D eigenvalue weighted by Gasteiger charge is -2.47. The molecule has 2 aliphatic carbocycles. The lowest BCUT2D eigenvalue weighted by molar-refractivity contribution is 0.0682. The Morgan fingerprint density at radius 1 is 0.786 bits per heavy atom. The van der Waals surface area contributed by atoms with Gasteiger partial charge in [0.25, 0.3) is 0 Å². The predicted octanol–water partition coefficient (Wildman–Crippen LogP) is 4.98. The van der Waals surface area contributed by atoms with E-state index in [1.807, 2.05) is 0 Å². The van der Waals surface area contributed by atoms with Gasteiger partial charge in [-0.3, -0.25) is 0 Å². The predicted molar refractivity (Wildman–Crippen MR) is 110 cm³/mol. The van der Waals surface area contributed by atoms with Gasteiger partial charge in [0, 0.05) is 29.6 Å². The van der Waals surface area contributed by atoms with Gasteiger partial charge in [0.2, 0.25) is 0 Å². The minimum Gasteiger partial charge on any atom is -0.427 e. The van der Waals surface area contributed by atoms with Gasteiger partial charge in [-0.2, -0.15) is 0 Å². The molecular formula is C23H26NO3P. The van der Waals surface area contributed by atoms with E-state index in [0.717, 1.165) is 50.6 Å². The Morgan fingerprint density at radius 2 is 1.36 bits per heavy atom. The molecule has 0 N–H and O–H groups in total. The van der Waals surface area contributed by atoms with Crippen molar-refractivity contribution in [2.75, 3.05) is 26.3 Å². The summed E-state index contributed by atoms with van der Waals surface area (Å²) >= 11 is 0. The number of nitrogens with zero attached hydrogens (tertiary/aromatic N) is 1. The minimum atomic E-state index is -1.18. The first kappa shape index (κ1) is 17.3. The first-order valence-corrected chi connectivity index (χ1v) is 11.7. The summed E-state index contributed by atoms with van der Waals surface area (Å²) in [5.41, 5.74) is 5.92. The molecule has 2 aromatic carbocycles. The van der Waals surface area contributed by atoms with Gasteiger partial charge in [-0.1, -0.05) is 24.3 Å². The number of hydrogen-bond acceptors (Lipinski definition) is 4. The number of rotatable bonds is 1. The summed E-state index contributed by atoms with van der Waals surface area (Å²) < 4.78 is 21.3. The summed E-state index contributed by atoms with van der Waals surface area (Å²) in [5.74, 6) is 2.11. The van der Waals surface area contributed by atoms with Crippen LogP contribution in [-0.4, -0.2) is 31.0 Å². The molecule has 1 saturated heterocycles. The Labute approximate surface area is 167 Å². The molecular weight excluding hydrogens is 369 g/mol. The van der Waals surface area contributed by atoms with E-state index in [-0.39, 0.29) is 5.41 Å². The van der Waals surface area contributed by atoms with Gasteiger partial charge < -0.3 is 13.8 Å². The van der Waals surface area contributed by atoms with Crippen molar-refractivity contribution >= 4 is 8.53 Å². The second kappa shape index (κ2) is 6.73. The lowest BCUT2D eigenvalue weighted by atomic mass is 9.59. The van der Waals surface area contributed by atoms with Crippen LogP contribution in [0.3, 0.4) is 0 Å². The maximum absolute atomic E-state index is 6.68. The van der Waals surface area contributed by atoms with E-state index in [0.29, 0.717) is 0 Å². The molecule has 146 valence electrons. The summed E-state index contributed by atoms with van der Waals surface area (Å²) in [6, 6.07) is 13.3. The number of hydrogen-bond donors (Lipinski definition) is 0. The molecule has 0 amide bonds. The molecule has 4 aliphatic rings. The lowest BCUT2D eigenvalue weighted by Crippen LogP contribution is -2.39. The second-order valence-corrected chi connectivity index (χ2v) is 9.76. The van der Waals surface area contributed by atoms with Crippen LogP contribution in [0.15, 0.2) is 36.4 Å². The smallest absolute Gasteiger partial charge is 0.384 e. The number of ether oxygens (including phenoxy) is 1. The zero-order valence-corrected chi connectivity index (χ0v) is 17.0. The van der Waals surface area contributed by atoms with Gasteiger partial charge >= 0.3 is 8.53 Å². The second-order valence-electron chi connectivity index (χ2n) is 8.36. The third-order valence-electron chi connectivity index (χ3n) is 6.85. The summed E-state index contributed by atoms with van der Waals surface area (Å²) in [6.07, 6.45) is 7.18. The zero-order valence-electron chi connectivity index (χ0n) is 16.2. The Balaban J connectivity index is 1.58. The molecule has 0 radical (unpaired) electrons. The largest absolute Gasteiger partial charge is 0.427 e. The molecule has 1 spiro atoms. The maximum Gasteiger partial charge on any atom is 0.384 e.